The maximum Gasteiger partial charge on any atom is 0.203 e. The Morgan fingerprint density at radius 1 is 0.935 bits per heavy atom. The van der Waals surface area contributed by atoms with Crippen LogP contribution in [0.25, 0.3) is 22.3 Å². The quantitative estimate of drug-likeness (QED) is 0.476. The highest BCUT2D eigenvalue weighted by Gasteiger charge is 2.14. The Hall–Kier alpha value is -3.74. The summed E-state index contributed by atoms with van der Waals surface area (Å²) in [7, 11) is 6.82. The molecule has 0 unspecified atom stereocenters. The Kier molecular flexibility index (Phi) is 5.66. The predicted molar refractivity (Wildman–Crippen MR) is 122 cm³/mol. The summed E-state index contributed by atoms with van der Waals surface area (Å²) in [6.07, 6.45) is 1.82. The number of anilines is 1. The van der Waals surface area contributed by atoms with Crippen molar-refractivity contribution in [3.63, 3.8) is 0 Å². The summed E-state index contributed by atoms with van der Waals surface area (Å²) in [5, 5.41) is 3.19. The molecule has 0 amide bonds. The molecule has 2 heterocycles. The molecule has 0 aliphatic heterocycles. The first kappa shape index (κ1) is 20.5. The lowest BCUT2D eigenvalue weighted by Crippen LogP contribution is -2.05. The van der Waals surface area contributed by atoms with Gasteiger partial charge in [-0.2, -0.15) is 0 Å². The number of imidazole rings is 1. The average molecular weight is 418 g/mol. The predicted octanol–water partition coefficient (Wildman–Crippen LogP) is 4.52. The Morgan fingerprint density at radius 2 is 1.74 bits per heavy atom. The smallest absolute Gasteiger partial charge is 0.203 e. The monoisotopic (exact) mass is 418 g/mol. The number of rotatable bonds is 7. The van der Waals surface area contributed by atoms with E-state index < -0.39 is 0 Å². The second-order valence-electron chi connectivity index (χ2n) is 7.20. The van der Waals surface area contributed by atoms with Gasteiger partial charge in [0.15, 0.2) is 11.5 Å². The van der Waals surface area contributed by atoms with E-state index in [0.29, 0.717) is 18.0 Å². The molecule has 0 saturated heterocycles. The Morgan fingerprint density at radius 3 is 2.42 bits per heavy atom. The standard InChI is InChI=1S/C24H26N4O3/c1-15-10-17(29-3)7-8-18(15)19-12-21-20(13-26-19)27-24(25-2)28(21)14-16-6-9-22(30-4)23(11-16)31-5/h6-13H,14H2,1-5H3,(H,25,27). The zero-order valence-electron chi connectivity index (χ0n) is 18.4. The first-order valence-corrected chi connectivity index (χ1v) is 9.98. The maximum atomic E-state index is 5.46. The number of methoxy groups -OCH3 is 3. The number of nitrogens with one attached hydrogen (secondary N) is 1. The highest BCUT2D eigenvalue weighted by Crippen LogP contribution is 2.31. The number of benzene rings is 2. The van der Waals surface area contributed by atoms with Crippen molar-refractivity contribution >= 4 is 17.0 Å². The van der Waals surface area contributed by atoms with Crippen LogP contribution in [0.15, 0.2) is 48.7 Å². The molecule has 31 heavy (non-hydrogen) atoms. The van der Waals surface area contributed by atoms with Crippen molar-refractivity contribution in [2.45, 2.75) is 13.5 Å². The minimum absolute atomic E-state index is 0.623. The molecule has 2 aromatic heterocycles. The molecule has 0 atom stereocenters. The average Bonchev–Trinajstić information content (AvgIpc) is 3.15. The summed E-state index contributed by atoms with van der Waals surface area (Å²) in [5.41, 5.74) is 5.97. The number of aromatic nitrogens is 3. The second kappa shape index (κ2) is 8.55. The fourth-order valence-electron chi connectivity index (χ4n) is 3.74. The van der Waals surface area contributed by atoms with Crippen molar-refractivity contribution in [1.82, 2.24) is 14.5 Å². The van der Waals surface area contributed by atoms with Crippen LogP contribution in [-0.4, -0.2) is 42.9 Å². The summed E-state index contributed by atoms with van der Waals surface area (Å²) in [6, 6.07) is 14.0. The molecule has 7 nitrogen and oxygen atoms in total. The largest absolute Gasteiger partial charge is 0.497 e. The van der Waals surface area contributed by atoms with Crippen molar-refractivity contribution in [2.24, 2.45) is 0 Å². The molecular formula is C24H26N4O3. The van der Waals surface area contributed by atoms with Crippen LogP contribution >= 0.6 is 0 Å². The normalized spacial score (nSPS) is 10.9. The van der Waals surface area contributed by atoms with Crippen LogP contribution in [0.4, 0.5) is 5.95 Å². The lowest BCUT2D eigenvalue weighted by molar-refractivity contribution is 0.354. The van der Waals surface area contributed by atoms with E-state index in [0.717, 1.165) is 45.1 Å². The highest BCUT2D eigenvalue weighted by atomic mass is 16.5. The third-order valence-corrected chi connectivity index (χ3v) is 5.36. The van der Waals surface area contributed by atoms with Crippen molar-refractivity contribution in [3.05, 3.63) is 59.8 Å². The van der Waals surface area contributed by atoms with E-state index in [-0.39, 0.29) is 0 Å². The van der Waals surface area contributed by atoms with E-state index in [1.807, 2.05) is 49.6 Å². The number of fused-ring (bicyclic) bond motifs is 1. The third kappa shape index (κ3) is 3.86. The summed E-state index contributed by atoms with van der Waals surface area (Å²) < 4.78 is 18.3. The van der Waals surface area contributed by atoms with Crippen molar-refractivity contribution in [3.8, 4) is 28.5 Å². The van der Waals surface area contributed by atoms with Gasteiger partial charge in [-0.1, -0.05) is 6.07 Å². The fraction of sp³-hybridized carbons (Fsp3) is 0.250. The van der Waals surface area contributed by atoms with Crippen LogP contribution < -0.4 is 19.5 Å². The molecule has 0 spiro atoms. The summed E-state index contributed by atoms with van der Waals surface area (Å²) in [4.78, 5) is 9.36. The molecular weight excluding hydrogens is 392 g/mol. The topological polar surface area (TPSA) is 70.4 Å². The summed E-state index contributed by atoms with van der Waals surface area (Å²) in [5.74, 6) is 3.01. The number of pyridine rings is 1. The lowest BCUT2D eigenvalue weighted by Gasteiger charge is -2.13. The number of hydrogen-bond acceptors (Lipinski definition) is 6. The van der Waals surface area contributed by atoms with Gasteiger partial charge in [-0.05, 0) is 54.4 Å². The van der Waals surface area contributed by atoms with E-state index in [2.05, 4.69) is 27.9 Å². The SMILES string of the molecule is CNc1nc2cnc(-c3ccc(OC)cc3C)cc2n1Cc1ccc(OC)c(OC)c1. The second-order valence-corrected chi connectivity index (χ2v) is 7.20. The molecule has 0 fully saturated rings. The van der Waals surface area contributed by atoms with E-state index in [9.17, 15) is 0 Å². The van der Waals surface area contributed by atoms with Gasteiger partial charge in [0.2, 0.25) is 5.95 Å². The van der Waals surface area contributed by atoms with Crippen molar-refractivity contribution in [2.75, 3.05) is 33.7 Å². The van der Waals surface area contributed by atoms with Crippen molar-refractivity contribution < 1.29 is 14.2 Å². The molecule has 7 heteroatoms. The molecule has 4 rings (SSSR count). The van der Waals surface area contributed by atoms with Gasteiger partial charge in [-0.15, -0.1) is 0 Å². The molecule has 4 aromatic rings. The highest BCUT2D eigenvalue weighted by molar-refractivity contribution is 5.83. The summed E-state index contributed by atoms with van der Waals surface area (Å²) >= 11 is 0. The molecule has 0 saturated carbocycles. The van der Waals surface area contributed by atoms with Gasteiger partial charge in [-0.25, -0.2) is 4.98 Å². The van der Waals surface area contributed by atoms with Crippen LogP contribution in [0.1, 0.15) is 11.1 Å². The minimum Gasteiger partial charge on any atom is -0.497 e. The van der Waals surface area contributed by atoms with Gasteiger partial charge >= 0.3 is 0 Å². The van der Waals surface area contributed by atoms with Crippen LogP contribution in [-0.2, 0) is 6.54 Å². The molecule has 0 aliphatic carbocycles. The summed E-state index contributed by atoms with van der Waals surface area (Å²) in [6.45, 7) is 2.68. The lowest BCUT2D eigenvalue weighted by atomic mass is 10.0. The van der Waals surface area contributed by atoms with E-state index >= 15 is 0 Å². The van der Waals surface area contributed by atoms with Crippen LogP contribution in [0.3, 0.4) is 0 Å². The first-order chi connectivity index (χ1) is 15.1. The molecule has 160 valence electrons. The van der Waals surface area contributed by atoms with Gasteiger partial charge < -0.3 is 24.1 Å². The van der Waals surface area contributed by atoms with Gasteiger partial charge in [0.1, 0.15) is 11.3 Å². The number of aryl methyl sites for hydroxylation is 1. The fourth-order valence-corrected chi connectivity index (χ4v) is 3.74. The molecule has 0 radical (unpaired) electrons. The van der Waals surface area contributed by atoms with Gasteiger partial charge in [0.25, 0.3) is 0 Å². The van der Waals surface area contributed by atoms with Crippen molar-refractivity contribution in [1.29, 1.82) is 0 Å². The van der Waals surface area contributed by atoms with E-state index in [4.69, 9.17) is 19.2 Å². The Labute approximate surface area is 181 Å². The maximum absolute atomic E-state index is 5.46. The molecule has 2 aromatic carbocycles. The Balaban J connectivity index is 1.79. The number of ether oxygens (including phenoxy) is 3. The zero-order valence-corrected chi connectivity index (χ0v) is 18.4. The zero-order chi connectivity index (χ0) is 22.0. The molecule has 0 aliphatic rings. The van der Waals surface area contributed by atoms with Gasteiger partial charge in [0.05, 0.1) is 45.3 Å². The minimum atomic E-state index is 0.623. The molecule has 1 N–H and O–H groups in total. The van der Waals surface area contributed by atoms with E-state index in [1.54, 1.807) is 21.3 Å². The third-order valence-electron chi connectivity index (χ3n) is 5.36. The number of nitrogens with zero attached hydrogens (tertiary/aromatic N) is 3. The van der Waals surface area contributed by atoms with Gasteiger partial charge in [0, 0.05) is 12.6 Å². The van der Waals surface area contributed by atoms with Crippen LogP contribution in [0.5, 0.6) is 17.2 Å². The van der Waals surface area contributed by atoms with Crippen LogP contribution in [0, 0.1) is 6.92 Å². The Bertz CT molecular complexity index is 1230. The number of hydrogen-bond donors (Lipinski definition) is 1. The first-order valence-electron chi connectivity index (χ1n) is 9.98. The molecule has 0 bridgehead atoms. The van der Waals surface area contributed by atoms with E-state index in [1.165, 1.54) is 0 Å². The van der Waals surface area contributed by atoms with Gasteiger partial charge in [-0.3, -0.25) is 4.98 Å². The van der Waals surface area contributed by atoms with Crippen LogP contribution in [0.2, 0.25) is 0 Å².